The fraction of sp³-hybridized carbons (Fsp3) is 0.0833. The SMILES string of the molecule is CNc1ccncc1S(=O)(=O)Nc1c(F)cc(F)cc1Br. The summed E-state index contributed by atoms with van der Waals surface area (Å²) in [6.07, 6.45) is 2.54. The van der Waals surface area contributed by atoms with Crippen LogP contribution in [-0.4, -0.2) is 20.4 Å². The first-order valence-electron chi connectivity index (χ1n) is 5.64. The summed E-state index contributed by atoms with van der Waals surface area (Å²) >= 11 is 2.92. The first-order valence-corrected chi connectivity index (χ1v) is 7.92. The van der Waals surface area contributed by atoms with Gasteiger partial charge in [-0.1, -0.05) is 0 Å². The Balaban J connectivity index is 2.48. The predicted molar refractivity (Wildman–Crippen MR) is 78.7 cm³/mol. The average molecular weight is 378 g/mol. The fourth-order valence-electron chi connectivity index (χ4n) is 1.63. The molecule has 1 heterocycles. The number of sulfonamides is 1. The van der Waals surface area contributed by atoms with Crippen molar-refractivity contribution in [3.8, 4) is 0 Å². The van der Waals surface area contributed by atoms with Gasteiger partial charge in [0.2, 0.25) is 0 Å². The summed E-state index contributed by atoms with van der Waals surface area (Å²) in [5.41, 5.74) is -0.0709. The van der Waals surface area contributed by atoms with Crippen molar-refractivity contribution in [2.75, 3.05) is 17.1 Å². The lowest BCUT2D eigenvalue weighted by atomic mass is 10.3. The van der Waals surface area contributed by atoms with Crippen LogP contribution in [0.4, 0.5) is 20.2 Å². The number of anilines is 2. The van der Waals surface area contributed by atoms with Crippen molar-refractivity contribution in [1.29, 1.82) is 0 Å². The van der Waals surface area contributed by atoms with Gasteiger partial charge in [0.05, 0.1) is 11.4 Å². The molecule has 2 rings (SSSR count). The molecule has 0 fully saturated rings. The van der Waals surface area contributed by atoms with Gasteiger partial charge in [-0.2, -0.15) is 0 Å². The van der Waals surface area contributed by atoms with E-state index in [-0.39, 0.29) is 15.1 Å². The van der Waals surface area contributed by atoms with Gasteiger partial charge in [-0.3, -0.25) is 9.71 Å². The molecule has 112 valence electrons. The van der Waals surface area contributed by atoms with Gasteiger partial charge in [0.1, 0.15) is 10.7 Å². The first-order chi connectivity index (χ1) is 9.85. The molecule has 0 aliphatic carbocycles. The lowest BCUT2D eigenvalue weighted by Crippen LogP contribution is -2.16. The quantitative estimate of drug-likeness (QED) is 0.858. The van der Waals surface area contributed by atoms with Crippen molar-refractivity contribution in [2.24, 2.45) is 0 Å². The zero-order chi connectivity index (χ0) is 15.6. The molecule has 5 nitrogen and oxygen atoms in total. The summed E-state index contributed by atoms with van der Waals surface area (Å²) in [6, 6.07) is 3.01. The molecule has 0 bridgehead atoms. The maximum atomic E-state index is 13.7. The molecule has 1 aromatic carbocycles. The number of benzene rings is 1. The van der Waals surface area contributed by atoms with Crippen LogP contribution in [0.5, 0.6) is 0 Å². The molecule has 2 N–H and O–H groups in total. The third-order valence-corrected chi connectivity index (χ3v) is 4.59. The zero-order valence-electron chi connectivity index (χ0n) is 10.7. The number of hydrogen-bond acceptors (Lipinski definition) is 4. The molecular formula is C12H10BrF2N3O2S. The Kier molecular flexibility index (Phi) is 4.43. The van der Waals surface area contributed by atoms with Crippen molar-refractivity contribution in [1.82, 2.24) is 4.98 Å². The van der Waals surface area contributed by atoms with Gasteiger partial charge in [0.15, 0.2) is 5.82 Å². The minimum absolute atomic E-state index is 0.0431. The van der Waals surface area contributed by atoms with E-state index in [0.717, 1.165) is 12.3 Å². The first kappa shape index (κ1) is 15.6. The third kappa shape index (κ3) is 3.30. The van der Waals surface area contributed by atoms with Gasteiger partial charge < -0.3 is 5.32 Å². The topological polar surface area (TPSA) is 71.1 Å². The Morgan fingerprint density at radius 2 is 2.00 bits per heavy atom. The molecule has 0 atom stereocenters. The zero-order valence-corrected chi connectivity index (χ0v) is 13.1. The van der Waals surface area contributed by atoms with Crippen LogP contribution in [0.25, 0.3) is 0 Å². The maximum absolute atomic E-state index is 13.7. The molecule has 0 saturated heterocycles. The van der Waals surface area contributed by atoms with E-state index in [1.165, 1.54) is 12.3 Å². The van der Waals surface area contributed by atoms with E-state index in [2.05, 4.69) is 31.0 Å². The van der Waals surface area contributed by atoms with Gasteiger partial charge in [-0.25, -0.2) is 17.2 Å². The summed E-state index contributed by atoms with van der Waals surface area (Å²) in [4.78, 5) is 3.59. The smallest absolute Gasteiger partial charge is 0.265 e. The lowest BCUT2D eigenvalue weighted by molar-refractivity contribution is 0.581. The van der Waals surface area contributed by atoms with Crippen LogP contribution < -0.4 is 10.0 Å². The van der Waals surface area contributed by atoms with E-state index < -0.39 is 21.7 Å². The Morgan fingerprint density at radius 1 is 1.29 bits per heavy atom. The second-order valence-electron chi connectivity index (χ2n) is 3.97. The fourth-order valence-corrected chi connectivity index (χ4v) is 3.51. The molecule has 0 aliphatic rings. The molecule has 0 aliphatic heterocycles. The van der Waals surface area contributed by atoms with Crippen LogP contribution in [0.1, 0.15) is 0 Å². The maximum Gasteiger partial charge on any atom is 0.265 e. The highest BCUT2D eigenvalue weighted by Crippen LogP contribution is 2.30. The predicted octanol–water partition coefficient (Wildman–Crippen LogP) is 2.96. The number of pyridine rings is 1. The normalized spacial score (nSPS) is 11.2. The number of nitrogens with zero attached hydrogens (tertiary/aromatic N) is 1. The summed E-state index contributed by atoms with van der Waals surface area (Å²) in [5.74, 6) is -1.85. The van der Waals surface area contributed by atoms with Crippen molar-refractivity contribution in [3.63, 3.8) is 0 Å². The van der Waals surface area contributed by atoms with Gasteiger partial charge in [0.25, 0.3) is 10.0 Å². The molecule has 0 radical (unpaired) electrons. The van der Waals surface area contributed by atoms with E-state index in [1.54, 1.807) is 7.05 Å². The number of hydrogen-bond donors (Lipinski definition) is 2. The van der Waals surface area contributed by atoms with E-state index in [9.17, 15) is 17.2 Å². The molecule has 0 amide bonds. The number of aromatic nitrogens is 1. The monoisotopic (exact) mass is 377 g/mol. The highest BCUT2D eigenvalue weighted by atomic mass is 79.9. The van der Waals surface area contributed by atoms with Gasteiger partial charge in [0, 0.05) is 30.0 Å². The second-order valence-corrected chi connectivity index (χ2v) is 6.48. The standard InChI is InChI=1S/C12H10BrF2N3O2S/c1-16-10-2-3-17-6-11(10)21(19,20)18-12-8(13)4-7(14)5-9(12)15/h2-6,18H,1H3,(H,16,17). The highest BCUT2D eigenvalue weighted by molar-refractivity contribution is 9.10. The van der Waals surface area contributed by atoms with Crippen LogP contribution >= 0.6 is 15.9 Å². The Bertz CT molecular complexity index is 761. The average Bonchev–Trinajstić information content (AvgIpc) is 2.43. The van der Waals surface area contributed by atoms with Crippen LogP contribution in [0.15, 0.2) is 40.0 Å². The molecule has 0 spiro atoms. The van der Waals surface area contributed by atoms with Gasteiger partial charge in [-0.05, 0) is 28.1 Å². The van der Waals surface area contributed by atoms with Gasteiger partial charge in [-0.15, -0.1) is 0 Å². The molecule has 21 heavy (non-hydrogen) atoms. The summed E-state index contributed by atoms with van der Waals surface area (Å²) < 4.78 is 53.4. The van der Waals surface area contributed by atoms with Crippen molar-refractivity contribution in [3.05, 3.63) is 46.7 Å². The Hall–Kier alpha value is -1.74. The van der Waals surface area contributed by atoms with Crippen LogP contribution in [0, 0.1) is 11.6 Å². The highest BCUT2D eigenvalue weighted by Gasteiger charge is 2.22. The summed E-state index contributed by atoms with van der Waals surface area (Å²) in [6.45, 7) is 0. The van der Waals surface area contributed by atoms with E-state index in [1.807, 2.05) is 0 Å². The minimum atomic E-state index is -4.08. The van der Waals surface area contributed by atoms with Crippen LogP contribution in [0.2, 0.25) is 0 Å². The minimum Gasteiger partial charge on any atom is -0.387 e. The van der Waals surface area contributed by atoms with E-state index >= 15 is 0 Å². The Labute approximate surface area is 128 Å². The van der Waals surface area contributed by atoms with Crippen molar-refractivity contribution >= 4 is 37.3 Å². The number of nitrogens with one attached hydrogen (secondary N) is 2. The molecule has 1 aromatic heterocycles. The van der Waals surface area contributed by atoms with Crippen molar-refractivity contribution in [2.45, 2.75) is 4.90 Å². The lowest BCUT2D eigenvalue weighted by Gasteiger charge is -2.13. The molecule has 2 aromatic rings. The van der Waals surface area contributed by atoms with E-state index in [4.69, 9.17) is 0 Å². The molecule has 9 heteroatoms. The van der Waals surface area contributed by atoms with Crippen molar-refractivity contribution < 1.29 is 17.2 Å². The third-order valence-electron chi connectivity index (χ3n) is 2.59. The molecular weight excluding hydrogens is 368 g/mol. The summed E-state index contributed by atoms with van der Waals surface area (Å²) in [7, 11) is -2.54. The number of halogens is 3. The largest absolute Gasteiger partial charge is 0.387 e. The Morgan fingerprint density at radius 3 is 2.62 bits per heavy atom. The van der Waals surface area contributed by atoms with Crippen LogP contribution in [-0.2, 0) is 10.0 Å². The van der Waals surface area contributed by atoms with Crippen LogP contribution in [0.3, 0.4) is 0 Å². The van der Waals surface area contributed by atoms with E-state index in [0.29, 0.717) is 11.8 Å². The number of rotatable bonds is 4. The molecule has 0 unspecified atom stereocenters. The molecule has 0 saturated carbocycles. The summed E-state index contributed by atoms with van der Waals surface area (Å²) in [5, 5.41) is 2.70. The van der Waals surface area contributed by atoms with Gasteiger partial charge >= 0.3 is 0 Å². The second kappa shape index (κ2) is 5.94.